The van der Waals surface area contributed by atoms with E-state index in [-0.39, 0.29) is 0 Å². The first-order valence-electron chi connectivity index (χ1n) is 23.1. The van der Waals surface area contributed by atoms with Gasteiger partial charge in [0.1, 0.15) is 0 Å². The van der Waals surface area contributed by atoms with Crippen molar-refractivity contribution in [3.8, 4) is 78.7 Å². The number of para-hydroxylation sites is 1. The SMILES string of the molecule is c1ccc(-c2ccc3c(c2)c2cc(-c4ccc5c(c4)c4cc(-c6ccccc6)ccc4n5-c4ccc(-c5cc(-c6ccccc6)nc(-c6ccccc6)n5)cc4)ccc2n3-c2ccccc2)cc1. The molecule has 3 aromatic heterocycles. The molecule has 0 radical (unpaired) electrons. The van der Waals surface area contributed by atoms with E-state index in [0.29, 0.717) is 5.82 Å². The first-order valence-corrected chi connectivity index (χ1v) is 23.1. The van der Waals surface area contributed by atoms with Crippen molar-refractivity contribution >= 4 is 43.6 Å². The zero-order valence-corrected chi connectivity index (χ0v) is 37.0. The van der Waals surface area contributed by atoms with E-state index >= 15 is 0 Å². The van der Waals surface area contributed by atoms with Crippen LogP contribution in [0, 0.1) is 0 Å². The first-order chi connectivity index (χ1) is 33.7. The van der Waals surface area contributed by atoms with Gasteiger partial charge in [-0.1, -0.05) is 176 Å². The van der Waals surface area contributed by atoms with Crippen LogP contribution >= 0.6 is 0 Å². The second-order valence-corrected chi connectivity index (χ2v) is 17.4. The Morgan fingerprint density at radius 3 is 0.912 bits per heavy atom. The smallest absolute Gasteiger partial charge is 0.160 e. The molecule has 0 saturated heterocycles. The Bertz CT molecular complexity index is 3910. The van der Waals surface area contributed by atoms with E-state index < -0.39 is 0 Å². The molecular formula is C64H42N4. The monoisotopic (exact) mass is 866 g/mol. The van der Waals surface area contributed by atoms with Crippen LogP contribution in [0.15, 0.2) is 255 Å². The lowest BCUT2D eigenvalue weighted by molar-refractivity contribution is 1.17. The zero-order chi connectivity index (χ0) is 45.0. The fourth-order valence-corrected chi connectivity index (χ4v) is 10.0. The third kappa shape index (κ3) is 6.86. The lowest BCUT2D eigenvalue weighted by Crippen LogP contribution is -1.97. The molecule has 318 valence electrons. The van der Waals surface area contributed by atoms with Crippen molar-refractivity contribution in [1.29, 1.82) is 0 Å². The molecule has 0 unspecified atom stereocenters. The van der Waals surface area contributed by atoms with Gasteiger partial charge in [0.15, 0.2) is 5.82 Å². The zero-order valence-electron chi connectivity index (χ0n) is 37.0. The minimum atomic E-state index is 0.705. The number of hydrogen-bond acceptors (Lipinski definition) is 2. The fourth-order valence-electron chi connectivity index (χ4n) is 10.0. The Balaban J connectivity index is 0.959. The van der Waals surface area contributed by atoms with E-state index in [9.17, 15) is 0 Å². The van der Waals surface area contributed by atoms with E-state index in [0.717, 1.165) is 50.5 Å². The molecular weight excluding hydrogens is 825 g/mol. The Labute approximate surface area is 394 Å². The highest BCUT2D eigenvalue weighted by Gasteiger charge is 2.19. The highest BCUT2D eigenvalue weighted by molar-refractivity contribution is 6.14. The average molecular weight is 867 g/mol. The van der Waals surface area contributed by atoms with Crippen LogP contribution in [0.2, 0.25) is 0 Å². The summed E-state index contributed by atoms with van der Waals surface area (Å²) in [7, 11) is 0. The molecule has 0 spiro atoms. The summed E-state index contributed by atoms with van der Waals surface area (Å²) in [6.45, 7) is 0. The summed E-state index contributed by atoms with van der Waals surface area (Å²) in [5.74, 6) is 0.705. The maximum Gasteiger partial charge on any atom is 0.160 e. The van der Waals surface area contributed by atoms with Gasteiger partial charge in [-0.25, -0.2) is 9.97 Å². The largest absolute Gasteiger partial charge is 0.309 e. The molecule has 0 amide bonds. The van der Waals surface area contributed by atoms with Crippen molar-refractivity contribution in [3.05, 3.63) is 255 Å². The number of benzene rings is 10. The molecule has 68 heavy (non-hydrogen) atoms. The minimum absolute atomic E-state index is 0.705. The summed E-state index contributed by atoms with van der Waals surface area (Å²) in [6, 6.07) is 91.3. The van der Waals surface area contributed by atoms with E-state index in [2.05, 4.69) is 240 Å². The van der Waals surface area contributed by atoms with Crippen molar-refractivity contribution < 1.29 is 0 Å². The minimum Gasteiger partial charge on any atom is -0.309 e. The quantitative estimate of drug-likeness (QED) is 0.153. The lowest BCUT2D eigenvalue weighted by Gasteiger charge is -2.12. The lowest BCUT2D eigenvalue weighted by atomic mass is 9.98. The molecule has 4 nitrogen and oxygen atoms in total. The molecule has 0 fully saturated rings. The molecule has 0 atom stereocenters. The molecule has 0 aliphatic rings. The summed E-state index contributed by atoms with van der Waals surface area (Å²) in [5, 5.41) is 4.87. The van der Waals surface area contributed by atoms with Crippen LogP contribution in [0.1, 0.15) is 0 Å². The maximum atomic E-state index is 5.12. The summed E-state index contributed by atoms with van der Waals surface area (Å²) in [5.41, 5.74) is 18.9. The van der Waals surface area contributed by atoms with Gasteiger partial charge < -0.3 is 9.13 Å². The van der Waals surface area contributed by atoms with Crippen LogP contribution in [0.5, 0.6) is 0 Å². The Kier molecular flexibility index (Phi) is 9.47. The fraction of sp³-hybridized carbons (Fsp3) is 0. The van der Waals surface area contributed by atoms with Crippen molar-refractivity contribution in [2.24, 2.45) is 0 Å². The van der Waals surface area contributed by atoms with E-state index in [1.807, 2.05) is 24.3 Å². The molecule has 0 saturated carbocycles. The van der Waals surface area contributed by atoms with Gasteiger partial charge in [-0.2, -0.15) is 0 Å². The molecule has 10 aromatic carbocycles. The highest BCUT2D eigenvalue weighted by atomic mass is 15.0. The second-order valence-electron chi connectivity index (χ2n) is 17.4. The van der Waals surface area contributed by atoms with Crippen molar-refractivity contribution in [3.63, 3.8) is 0 Å². The van der Waals surface area contributed by atoms with Crippen molar-refractivity contribution in [1.82, 2.24) is 19.1 Å². The average Bonchev–Trinajstić information content (AvgIpc) is 3.93. The van der Waals surface area contributed by atoms with Crippen LogP contribution in [-0.2, 0) is 0 Å². The Hall–Kier alpha value is -9.12. The highest BCUT2D eigenvalue weighted by Crippen LogP contribution is 2.41. The summed E-state index contributed by atoms with van der Waals surface area (Å²) in [4.78, 5) is 10.1. The van der Waals surface area contributed by atoms with Gasteiger partial charge in [0, 0.05) is 49.6 Å². The van der Waals surface area contributed by atoms with Gasteiger partial charge in [0.2, 0.25) is 0 Å². The molecule has 0 N–H and O–H groups in total. The Morgan fingerprint density at radius 1 is 0.221 bits per heavy atom. The molecule has 0 bridgehead atoms. The molecule has 3 heterocycles. The third-order valence-electron chi connectivity index (χ3n) is 13.3. The predicted molar refractivity (Wildman–Crippen MR) is 283 cm³/mol. The normalized spacial score (nSPS) is 11.5. The number of fused-ring (bicyclic) bond motifs is 6. The van der Waals surface area contributed by atoms with Gasteiger partial charge in [-0.3, -0.25) is 0 Å². The third-order valence-corrected chi connectivity index (χ3v) is 13.3. The number of rotatable bonds is 8. The van der Waals surface area contributed by atoms with Crippen molar-refractivity contribution in [2.45, 2.75) is 0 Å². The Morgan fingerprint density at radius 2 is 0.515 bits per heavy atom. The number of hydrogen-bond donors (Lipinski definition) is 0. The van der Waals surface area contributed by atoms with Gasteiger partial charge >= 0.3 is 0 Å². The second kappa shape index (κ2) is 16.4. The van der Waals surface area contributed by atoms with Gasteiger partial charge in [0.25, 0.3) is 0 Å². The summed E-state index contributed by atoms with van der Waals surface area (Å²) >= 11 is 0. The van der Waals surface area contributed by atoms with Gasteiger partial charge in [-0.15, -0.1) is 0 Å². The summed E-state index contributed by atoms with van der Waals surface area (Å²) in [6.07, 6.45) is 0. The van der Waals surface area contributed by atoms with Crippen molar-refractivity contribution in [2.75, 3.05) is 0 Å². The van der Waals surface area contributed by atoms with E-state index in [4.69, 9.17) is 9.97 Å². The van der Waals surface area contributed by atoms with Crippen LogP contribution < -0.4 is 0 Å². The molecule has 0 aliphatic carbocycles. The maximum absolute atomic E-state index is 5.12. The molecule has 4 heteroatoms. The topological polar surface area (TPSA) is 35.6 Å². The first kappa shape index (κ1) is 39.3. The number of nitrogens with zero attached hydrogens (tertiary/aromatic N) is 4. The van der Waals surface area contributed by atoms with Gasteiger partial charge in [0.05, 0.1) is 33.5 Å². The van der Waals surface area contributed by atoms with E-state index in [1.165, 1.54) is 66.0 Å². The van der Waals surface area contributed by atoms with Crippen LogP contribution in [0.4, 0.5) is 0 Å². The van der Waals surface area contributed by atoms with Crippen LogP contribution in [0.3, 0.4) is 0 Å². The van der Waals surface area contributed by atoms with Gasteiger partial charge in [-0.05, 0) is 112 Å². The number of aromatic nitrogens is 4. The molecule has 13 rings (SSSR count). The van der Waals surface area contributed by atoms with Crippen LogP contribution in [-0.4, -0.2) is 19.1 Å². The summed E-state index contributed by atoms with van der Waals surface area (Å²) < 4.78 is 4.80. The van der Waals surface area contributed by atoms with Crippen LogP contribution in [0.25, 0.3) is 122 Å². The molecule has 0 aliphatic heterocycles. The van der Waals surface area contributed by atoms with E-state index in [1.54, 1.807) is 0 Å². The standard InChI is InChI=1S/C64H42N4/c1-6-16-43(17-7-1)48-28-34-60-54(38-48)56-40-50(30-36-61(56)67(60)52-24-14-5-15-25-52)51-31-37-63-57(41-51)55-39-49(44-18-8-2-9-19-44)29-35-62(55)68(63)53-32-26-46(27-33-53)59-42-58(45-20-10-3-11-21-45)65-64(66-59)47-22-12-4-13-23-47/h1-42H. The molecule has 13 aromatic rings. The predicted octanol–water partition coefficient (Wildman–Crippen LogP) is 16.7.